The van der Waals surface area contributed by atoms with Gasteiger partial charge in [0.15, 0.2) is 11.6 Å². The molecule has 0 saturated heterocycles. The molecule has 1 aromatic rings. The summed E-state index contributed by atoms with van der Waals surface area (Å²) >= 11 is 0. The SMILES string of the molecule is COc1cccc(C(O)CCCO)c1F. The summed E-state index contributed by atoms with van der Waals surface area (Å²) in [7, 11) is 1.38. The molecule has 0 spiro atoms. The predicted octanol–water partition coefficient (Wildman–Crippen LogP) is 1.64. The van der Waals surface area contributed by atoms with E-state index in [0.29, 0.717) is 12.8 Å². The minimum Gasteiger partial charge on any atom is -0.494 e. The maximum atomic E-state index is 13.6. The Morgan fingerprint density at radius 1 is 1.47 bits per heavy atom. The lowest BCUT2D eigenvalue weighted by molar-refractivity contribution is 0.147. The van der Waals surface area contributed by atoms with E-state index in [0.717, 1.165) is 0 Å². The molecule has 1 atom stereocenters. The zero-order valence-corrected chi connectivity index (χ0v) is 8.61. The third-order valence-corrected chi connectivity index (χ3v) is 2.21. The lowest BCUT2D eigenvalue weighted by atomic mass is 10.0. The molecule has 0 radical (unpaired) electrons. The van der Waals surface area contributed by atoms with Crippen molar-refractivity contribution < 1.29 is 19.3 Å². The van der Waals surface area contributed by atoms with Gasteiger partial charge in [-0.2, -0.15) is 0 Å². The number of methoxy groups -OCH3 is 1. The van der Waals surface area contributed by atoms with Crippen molar-refractivity contribution in [2.45, 2.75) is 18.9 Å². The Kier molecular flexibility index (Phi) is 4.52. The molecule has 0 saturated carbocycles. The monoisotopic (exact) mass is 214 g/mol. The number of hydrogen-bond acceptors (Lipinski definition) is 3. The molecule has 0 amide bonds. The molecule has 84 valence electrons. The van der Waals surface area contributed by atoms with Crippen LogP contribution in [0, 0.1) is 5.82 Å². The largest absolute Gasteiger partial charge is 0.494 e. The van der Waals surface area contributed by atoms with Crippen LogP contribution in [0.3, 0.4) is 0 Å². The first-order valence-electron chi connectivity index (χ1n) is 4.82. The molecule has 3 nitrogen and oxygen atoms in total. The second kappa shape index (κ2) is 5.68. The molecular weight excluding hydrogens is 199 g/mol. The first-order valence-corrected chi connectivity index (χ1v) is 4.82. The van der Waals surface area contributed by atoms with E-state index in [1.54, 1.807) is 6.07 Å². The molecule has 0 aliphatic rings. The number of aliphatic hydroxyl groups is 2. The van der Waals surface area contributed by atoms with Crippen molar-refractivity contribution in [3.63, 3.8) is 0 Å². The molecule has 2 N–H and O–H groups in total. The number of hydrogen-bond donors (Lipinski definition) is 2. The van der Waals surface area contributed by atoms with Gasteiger partial charge in [-0.15, -0.1) is 0 Å². The van der Waals surface area contributed by atoms with Crippen LogP contribution in [-0.4, -0.2) is 23.9 Å². The highest BCUT2D eigenvalue weighted by Crippen LogP contribution is 2.27. The predicted molar refractivity (Wildman–Crippen MR) is 54.2 cm³/mol. The standard InChI is InChI=1S/C11H15FO3/c1-15-10-6-2-4-8(11(10)12)9(14)5-3-7-13/h2,4,6,9,13-14H,3,5,7H2,1H3. The molecule has 0 aromatic heterocycles. The zero-order chi connectivity index (χ0) is 11.3. The smallest absolute Gasteiger partial charge is 0.170 e. The van der Waals surface area contributed by atoms with Gasteiger partial charge in [-0.1, -0.05) is 12.1 Å². The fraction of sp³-hybridized carbons (Fsp3) is 0.455. The van der Waals surface area contributed by atoms with Crippen molar-refractivity contribution >= 4 is 0 Å². The van der Waals surface area contributed by atoms with Crippen molar-refractivity contribution in [2.75, 3.05) is 13.7 Å². The third kappa shape index (κ3) is 2.91. The topological polar surface area (TPSA) is 49.7 Å². The van der Waals surface area contributed by atoms with Crippen molar-refractivity contribution in [1.82, 2.24) is 0 Å². The van der Waals surface area contributed by atoms with Gasteiger partial charge >= 0.3 is 0 Å². The number of halogens is 1. The van der Waals surface area contributed by atoms with E-state index in [-0.39, 0.29) is 17.9 Å². The molecule has 1 aromatic carbocycles. The van der Waals surface area contributed by atoms with E-state index >= 15 is 0 Å². The minimum atomic E-state index is -0.896. The first-order chi connectivity index (χ1) is 7.20. The third-order valence-electron chi connectivity index (χ3n) is 2.21. The average molecular weight is 214 g/mol. The summed E-state index contributed by atoms with van der Waals surface area (Å²) in [6.07, 6.45) is -0.120. The average Bonchev–Trinajstić information content (AvgIpc) is 2.26. The van der Waals surface area contributed by atoms with Crippen LogP contribution in [0.2, 0.25) is 0 Å². The lowest BCUT2D eigenvalue weighted by Crippen LogP contribution is -2.03. The van der Waals surface area contributed by atoms with Crippen LogP contribution in [0.5, 0.6) is 5.75 Å². The Hall–Kier alpha value is -1.13. The fourth-order valence-electron chi connectivity index (χ4n) is 1.38. The van der Waals surface area contributed by atoms with Crippen molar-refractivity contribution in [3.8, 4) is 5.75 Å². The van der Waals surface area contributed by atoms with E-state index < -0.39 is 11.9 Å². The minimum absolute atomic E-state index is 0.0113. The summed E-state index contributed by atoms with van der Waals surface area (Å²) in [5.41, 5.74) is 0.211. The Morgan fingerprint density at radius 3 is 2.80 bits per heavy atom. The molecule has 15 heavy (non-hydrogen) atoms. The number of ether oxygens (including phenoxy) is 1. The van der Waals surface area contributed by atoms with Gasteiger partial charge in [0.05, 0.1) is 13.2 Å². The highest BCUT2D eigenvalue weighted by Gasteiger charge is 2.15. The van der Waals surface area contributed by atoms with Crippen molar-refractivity contribution in [3.05, 3.63) is 29.6 Å². The van der Waals surface area contributed by atoms with Gasteiger partial charge in [0, 0.05) is 12.2 Å². The lowest BCUT2D eigenvalue weighted by Gasteiger charge is -2.12. The van der Waals surface area contributed by atoms with Gasteiger partial charge in [-0.05, 0) is 18.9 Å². The normalized spacial score (nSPS) is 12.5. The molecule has 4 heteroatoms. The van der Waals surface area contributed by atoms with Gasteiger partial charge in [-0.3, -0.25) is 0 Å². The van der Waals surface area contributed by atoms with E-state index in [2.05, 4.69) is 0 Å². The fourth-order valence-corrected chi connectivity index (χ4v) is 1.38. The summed E-state index contributed by atoms with van der Waals surface area (Å²) in [5, 5.41) is 18.2. The van der Waals surface area contributed by atoms with Gasteiger partial charge < -0.3 is 14.9 Å². The molecule has 0 fully saturated rings. The zero-order valence-electron chi connectivity index (χ0n) is 8.61. The van der Waals surface area contributed by atoms with Crippen LogP contribution in [-0.2, 0) is 0 Å². The second-order valence-corrected chi connectivity index (χ2v) is 3.25. The summed E-state index contributed by atoms with van der Waals surface area (Å²) in [4.78, 5) is 0. The Morgan fingerprint density at radius 2 is 2.20 bits per heavy atom. The summed E-state index contributed by atoms with van der Waals surface area (Å²) in [6, 6.07) is 4.64. The molecule has 0 aliphatic carbocycles. The Balaban J connectivity index is 2.83. The Bertz CT molecular complexity index is 315. The van der Waals surface area contributed by atoms with Crippen LogP contribution in [0.1, 0.15) is 24.5 Å². The first kappa shape index (κ1) is 11.9. The quantitative estimate of drug-likeness (QED) is 0.783. The molecule has 0 bridgehead atoms. The molecule has 0 aliphatic heterocycles. The van der Waals surface area contributed by atoms with Crippen LogP contribution in [0.4, 0.5) is 4.39 Å². The summed E-state index contributed by atoms with van der Waals surface area (Å²) in [5.74, 6) is -0.416. The summed E-state index contributed by atoms with van der Waals surface area (Å²) in [6.45, 7) is -0.0113. The Labute approximate surface area is 88.1 Å². The van der Waals surface area contributed by atoms with Crippen molar-refractivity contribution in [1.29, 1.82) is 0 Å². The molecule has 1 unspecified atom stereocenters. The second-order valence-electron chi connectivity index (χ2n) is 3.25. The van der Waals surface area contributed by atoms with Gasteiger partial charge in [-0.25, -0.2) is 4.39 Å². The van der Waals surface area contributed by atoms with Gasteiger partial charge in [0.2, 0.25) is 0 Å². The number of aliphatic hydroxyl groups excluding tert-OH is 2. The van der Waals surface area contributed by atoms with Crippen LogP contribution < -0.4 is 4.74 Å². The van der Waals surface area contributed by atoms with Crippen molar-refractivity contribution in [2.24, 2.45) is 0 Å². The highest BCUT2D eigenvalue weighted by molar-refractivity contribution is 5.32. The van der Waals surface area contributed by atoms with Gasteiger partial charge in [0.1, 0.15) is 0 Å². The van der Waals surface area contributed by atoms with E-state index in [1.807, 2.05) is 0 Å². The maximum absolute atomic E-state index is 13.6. The van der Waals surface area contributed by atoms with Crippen LogP contribution in [0.15, 0.2) is 18.2 Å². The van der Waals surface area contributed by atoms with E-state index in [1.165, 1.54) is 19.2 Å². The van der Waals surface area contributed by atoms with Crippen LogP contribution in [0.25, 0.3) is 0 Å². The molecular formula is C11H15FO3. The van der Waals surface area contributed by atoms with Gasteiger partial charge in [0.25, 0.3) is 0 Å². The maximum Gasteiger partial charge on any atom is 0.170 e. The highest BCUT2D eigenvalue weighted by atomic mass is 19.1. The van der Waals surface area contributed by atoms with Crippen LogP contribution >= 0.6 is 0 Å². The molecule has 0 heterocycles. The number of benzene rings is 1. The van der Waals surface area contributed by atoms with E-state index in [9.17, 15) is 9.50 Å². The van der Waals surface area contributed by atoms with E-state index in [4.69, 9.17) is 9.84 Å². The summed E-state index contributed by atoms with van der Waals surface area (Å²) < 4.78 is 18.4. The number of rotatable bonds is 5. The molecule has 1 rings (SSSR count).